The molecule has 0 unspecified atom stereocenters. The van der Waals surface area contributed by atoms with E-state index in [-0.39, 0.29) is 12.5 Å². The van der Waals surface area contributed by atoms with E-state index < -0.39 is 0 Å². The molecule has 4 heteroatoms. The summed E-state index contributed by atoms with van der Waals surface area (Å²) in [5.74, 6) is -0.0894. The molecule has 0 saturated carbocycles. The van der Waals surface area contributed by atoms with E-state index in [2.05, 4.69) is 4.98 Å². The van der Waals surface area contributed by atoms with Gasteiger partial charge in [0.25, 0.3) is 5.91 Å². The van der Waals surface area contributed by atoms with Gasteiger partial charge in [-0.15, -0.1) is 0 Å². The molecule has 1 N–H and O–H groups in total. The molecule has 2 aromatic rings. The van der Waals surface area contributed by atoms with E-state index in [4.69, 9.17) is 5.11 Å². The van der Waals surface area contributed by atoms with Gasteiger partial charge in [-0.25, -0.2) is 0 Å². The number of aliphatic hydroxyl groups is 1. The molecule has 0 atom stereocenters. The standard InChI is InChI=1S/C16H18N2O2/c1-13-11-15(7-8-17-13)16(20)18(9-10-19)12-14-5-3-2-4-6-14/h2-8,11,19H,9-10,12H2,1H3. The fourth-order valence-corrected chi connectivity index (χ4v) is 2.04. The number of aliphatic hydroxyl groups excluding tert-OH is 1. The molecule has 0 aliphatic heterocycles. The first-order chi connectivity index (χ1) is 9.70. The van der Waals surface area contributed by atoms with Crippen LogP contribution in [0.25, 0.3) is 0 Å². The molecule has 1 aromatic heterocycles. The highest BCUT2D eigenvalue weighted by Gasteiger charge is 2.15. The Morgan fingerprint density at radius 3 is 2.65 bits per heavy atom. The van der Waals surface area contributed by atoms with Gasteiger partial charge < -0.3 is 10.0 Å². The SMILES string of the molecule is Cc1cc(C(=O)N(CCO)Cc2ccccc2)ccn1. The van der Waals surface area contributed by atoms with Crippen LogP contribution in [0.2, 0.25) is 0 Å². The summed E-state index contributed by atoms with van der Waals surface area (Å²) in [5, 5.41) is 9.16. The number of aromatic nitrogens is 1. The van der Waals surface area contributed by atoms with Gasteiger partial charge in [-0.3, -0.25) is 9.78 Å². The van der Waals surface area contributed by atoms with Crippen molar-refractivity contribution in [3.63, 3.8) is 0 Å². The third-order valence-electron chi connectivity index (χ3n) is 3.02. The molecule has 0 saturated heterocycles. The zero-order chi connectivity index (χ0) is 14.4. The third-order valence-corrected chi connectivity index (χ3v) is 3.02. The maximum Gasteiger partial charge on any atom is 0.254 e. The van der Waals surface area contributed by atoms with Gasteiger partial charge in [-0.1, -0.05) is 30.3 Å². The van der Waals surface area contributed by atoms with E-state index >= 15 is 0 Å². The Kier molecular flexibility index (Phi) is 4.85. The molecule has 104 valence electrons. The number of amides is 1. The Morgan fingerprint density at radius 1 is 1.25 bits per heavy atom. The number of nitrogens with zero attached hydrogens (tertiary/aromatic N) is 2. The van der Waals surface area contributed by atoms with Gasteiger partial charge in [0.05, 0.1) is 6.61 Å². The maximum atomic E-state index is 12.5. The van der Waals surface area contributed by atoms with Gasteiger partial charge in [0.1, 0.15) is 0 Å². The van der Waals surface area contributed by atoms with Crippen LogP contribution in [-0.2, 0) is 6.54 Å². The number of carbonyl (C=O) groups is 1. The van der Waals surface area contributed by atoms with Crippen LogP contribution in [0.1, 0.15) is 21.6 Å². The molecule has 2 rings (SSSR count). The highest BCUT2D eigenvalue weighted by Crippen LogP contribution is 2.10. The molecule has 4 nitrogen and oxygen atoms in total. The van der Waals surface area contributed by atoms with Gasteiger partial charge >= 0.3 is 0 Å². The van der Waals surface area contributed by atoms with Crippen LogP contribution in [0.4, 0.5) is 0 Å². The zero-order valence-electron chi connectivity index (χ0n) is 11.5. The number of pyridine rings is 1. The Balaban J connectivity index is 2.18. The minimum atomic E-state index is -0.0894. The Hall–Kier alpha value is -2.20. The van der Waals surface area contributed by atoms with Crippen molar-refractivity contribution in [1.29, 1.82) is 0 Å². The normalized spacial score (nSPS) is 10.3. The van der Waals surface area contributed by atoms with E-state index in [1.807, 2.05) is 37.3 Å². The fraction of sp³-hybridized carbons (Fsp3) is 0.250. The molecular weight excluding hydrogens is 252 g/mol. The number of hydrogen-bond acceptors (Lipinski definition) is 3. The van der Waals surface area contributed by atoms with Crippen LogP contribution in [0.3, 0.4) is 0 Å². The number of benzene rings is 1. The zero-order valence-corrected chi connectivity index (χ0v) is 11.5. The molecule has 0 spiro atoms. The lowest BCUT2D eigenvalue weighted by Gasteiger charge is -2.22. The Labute approximate surface area is 118 Å². The van der Waals surface area contributed by atoms with E-state index in [0.717, 1.165) is 11.3 Å². The predicted octanol–water partition coefficient (Wildman–Crippen LogP) is 2.02. The van der Waals surface area contributed by atoms with Crippen LogP contribution in [0.15, 0.2) is 48.7 Å². The molecule has 1 aromatic carbocycles. The third kappa shape index (κ3) is 3.65. The molecule has 0 aliphatic rings. The average Bonchev–Trinajstić information content (AvgIpc) is 2.47. The van der Waals surface area contributed by atoms with E-state index in [1.165, 1.54) is 0 Å². The average molecular weight is 270 g/mol. The Morgan fingerprint density at radius 2 is 2.00 bits per heavy atom. The summed E-state index contributed by atoms with van der Waals surface area (Å²) in [5.41, 5.74) is 2.45. The summed E-state index contributed by atoms with van der Waals surface area (Å²) < 4.78 is 0. The topological polar surface area (TPSA) is 53.4 Å². The van der Waals surface area contributed by atoms with Crippen molar-refractivity contribution in [2.45, 2.75) is 13.5 Å². The maximum absolute atomic E-state index is 12.5. The lowest BCUT2D eigenvalue weighted by Crippen LogP contribution is -2.33. The molecule has 1 heterocycles. The second-order valence-corrected chi connectivity index (χ2v) is 4.62. The molecule has 1 amide bonds. The van der Waals surface area contributed by atoms with Crippen LogP contribution in [-0.4, -0.2) is 34.0 Å². The van der Waals surface area contributed by atoms with Crippen molar-refractivity contribution < 1.29 is 9.90 Å². The molecule has 0 fully saturated rings. The summed E-state index contributed by atoms with van der Waals surface area (Å²) in [6.45, 7) is 2.60. The van der Waals surface area contributed by atoms with Crippen molar-refractivity contribution >= 4 is 5.91 Å². The summed E-state index contributed by atoms with van der Waals surface area (Å²) in [7, 11) is 0. The van der Waals surface area contributed by atoms with Gasteiger partial charge in [-0.2, -0.15) is 0 Å². The van der Waals surface area contributed by atoms with Crippen LogP contribution >= 0.6 is 0 Å². The lowest BCUT2D eigenvalue weighted by atomic mass is 10.1. The highest BCUT2D eigenvalue weighted by molar-refractivity contribution is 5.94. The summed E-state index contributed by atoms with van der Waals surface area (Å²) in [4.78, 5) is 18.2. The molecule has 0 aliphatic carbocycles. The van der Waals surface area contributed by atoms with Crippen molar-refractivity contribution in [1.82, 2.24) is 9.88 Å². The summed E-state index contributed by atoms with van der Waals surface area (Å²) >= 11 is 0. The lowest BCUT2D eigenvalue weighted by molar-refractivity contribution is 0.0707. The number of carbonyl (C=O) groups excluding carboxylic acids is 1. The van der Waals surface area contributed by atoms with Gasteiger partial charge in [0.15, 0.2) is 0 Å². The first-order valence-electron chi connectivity index (χ1n) is 6.57. The minimum absolute atomic E-state index is 0.0529. The number of aryl methyl sites for hydroxylation is 1. The monoisotopic (exact) mass is 270 g/mol. The molecular formula is C16H18N2O2. The fourth-order valence-electron chi connectivity index (χ4n) is 2.04. The highest BCUT2D eigenvalue weighted by atomic mass is 16.3. The van der Waals surface area contributed by atoms with E-state index in [0.29, 0.717) is 18.7 Å². The van der Waals surface area contributed by atoms with Gasteiger partial charge in [-0.05, 0) is 24.6 Å². The first-order valence-corrected chi connectivity index (χ1v) is 6.57. The second-order valence-electron chi connectivity index (χ2n) is 4.62. The van der Waals surface area contributed by atoms with Crippen molar-refractivity contribution in [3.05, 3.63) is 65.5 Å². The smallest absolute Gasteiger partial charge is 0.254 e. The summed E-state index contributed by atoms with van der Waals surface area (Å²) in [6, 6.07) is 13.2. The van der Waals surface area contributed by atoms with E-state index in [9.17, 15) is 4.79 Å². The van der Waals surface area contributed by atoms with Crippen LogP contribution < -0.4 is 0 Å². The van der Waals surface area contributed by atoms with E-state index in [1.54, 1.807) is 23.2 Å². The van der Waals surface area contributed by atoms with Crippen LogP contribution in [0, 0.1) is 6.92 Å². The number of rotatable bonds is 5. The number of hydrogen-bond donors (Lipinski definition) is 1. The largest absolute Gasteiger partial charge is 0.395 e. The molecule has 0 radical (unpaired) electrons. The Bertz CT molecular complexity index is 570. The predicted molar refractivity (Wildman–Crippen MR) is 77.2 cm³/mol. The minimum Gasteiger partial charge on any atom is -0.395 e. The quantitative estimate of drug-likeness (QED) is 0.904. The van der Waals surface area contributed by atoms with Gasteiger partial charge in [0, 0.05) is 30.5 Å². The molecule has 0 bridgehead atoms. The first kappa shape index (κ1) is 14.2. The van der Waals surface area contributed by atoms with Crippen molar-refractivity contribution in [2.75, 3.05) is 13.2 Å². The molecule has 20 heavy (non-hydrogen) atoms. The second kappa shape index (κ2) is 6.82. The van der Waals surface area contributed by atoms with Crippen molar-refractivity contribution in [2.24, 2.45) is 0 Å². The van der Waals surface area contributed by atoms with Crippen molar-refractivity contribution in [3.8, 4) is 0 Å². The van der Waals surface area contributed by atoms with Crippen LogP contribution in [0.5, 0.6) is 0 Å². The summed E-state index contributed by atoms with van der Waals surface area (Å²) in [6.07, 6.45) is 1.63. The van der Waals surface area contributed by atoms with Gasteiger partial charge in [0.2, 0.25) is 0 Å².